The predicted molar refractivity (Wildman–Crippen MR) is 91.4 cm³/mol. The first-order valence-electron chi connectivity index (χ1n) is 8.49. The second-order valence-corrected chi connectivity index (χ2v) is 6.32. The van der Waals surface area contributed by atoms with Gasteiger partial charge in [-0.25, -0.2) is 0 Å². The van der Waals surface area contributed by atoms with Crippen LogP contribution in [-0.4, -0.2) is 44.1 Å². The Balaban J connectivity index is 1.59. The third-order valence-corrected chi connectivity index (χ3v) is 4.54. The number of nitrogens with one attached hydrogen (secondary N) is 1. The van der Waals surface area contributed by atoms with Gasteiger partial charge in [-0.15, -0.1) is 0 Å². The second-order valence-electron chi connectivity index (χ2n) is 6.32. The first-order valence-corrected chi connectivity index (χ1v) is 8.49. The van der Waals surface area contributed by atoms with Crippen molar-refractivity contribution in [3.63, 3.8) is 0 Å². The summed E-state index contributed by atoms with van der Waals surface area (Å²) in [7, 11) is 3.36. The average Bonchev–Trinajstić information content (AvgIpc) is 3.13. The molecule has 1 saturated heterocycles. The summed E-state index contributed by atoms with van der Waals surface area (Å²) in [5.74, 6) is 2.03. The van der Waals surface area contributed by atoms with Crippen molar-refractivity contribution in [2.24, 2.45) is 0 Å². The molecule has 7 nitrogen and oxygen atoms in total. The predicted octanol–water partition coefficient (Wildman–Crippen LogP) is 2.06. The van der Waals surface area contributed by atoms with Crippen molar-refractivity contribution in [3.05, 3.63) is 41.5 Å². The number of nitrogens with zero attached hydrogens (tertiary/aromatic N) is 2. The van der Waals surface area contributed by atoms with Crippen LogP contribution in [0.1, 0.15) is 30.1 Å². The molecule has 1 aliphatic rings. The number of hydrogen-bond donors (Lipinski definition) is 1. The van der Waals surface area contributed by atoms with Gasteiger partial charge in [0.15, 0.2) is 5.82 Å². The van der Waals surface area contributed by atoms with E-state index < -0.39 is 0 Å². The third kappa shape index (κ3) is 4.36. The standard InChI is InChI=1S/C18H25N3O4/c1-22-13-18(6-8-19-9-7-18)17-20-16(21-25-17)12-24-11-14-4-3-5-15(10-14)23-2/h3-5,10,19H,6-9,11-13H2,1-2H3. The summed E-state index contributed by atoms with van der Waals surface area (Å²) in [5, 5.41) is 7.43. The van der Waals surface area contributed by atoms with Crippen molar-refractivity contribution >= 4 is 0 Å². The third-order valence-electron chi connectivity index (χ3n) is 4.54. The Morgan fingerprint density at radius 2 is 2.04 bits per heavy atom. The fourth-order valence-corrected chi connectivity index (χ4v) is 3.15. The molecule has 0 atom stereocenters. The molecule has 1 aliphatic heterocycles. The zero-order valence-electron chi connectivity index (χ0n) is 14.8. The van der Waals surface area contributed by atoms with E-state index in [0.717, 1.165) is 37.2 Å². The highest BCUT2D eigenvalue weighted by molar-refractivity contribution is 5.27. The maximum atomic E-state index is 5.71. The lowest BCUT2D eigenvalue weighted by Crippen LogP contribution is -2.43. The van der Waals surface area contributed by atoms with Crippen LogP contribution in [0.15, 0.2) is 28.8 Å². The molecule has 3 rings (SSSR count). The van der Waals surface area contributed by atoms with E-state index >= 15 is 0 Å². The molecule has 0 radical (unpaired) electrons. The summed E-state index contributed by atoms with van der Waals surface area (Å²) in [5.41, 5.74) is 0.843. The van der Waals surface area contributed by atoms with Crippen molar-refractivity contribution in [2.45, 2.75) is 31.5 Å². The van der Waals surface area contributed by atoms with Crippen LogP contribution in [0.5, 0.6) is 5.75 Å². The molecule has 2 heterocycles. The van der Waals surface area contributed by atoms with Crippen LogP contribution in [0.2, 0.25) is 0 Å². The molecular formula is C18H25N3O4. The second kappa shape index (κ2) is 8.42. The van der Waals surface area contributed by atoms with Gasteiger partial charge in [-0.1, -0.05) is 17.3 Å². The van der Waals surface area contributed by atoms with Gasteiger partial charge < -0.3 is 24.1 Å². The number of benzene rings is 1. The summed E-state index contributed by atoms with van der Waals surface area (Å²) in [4.78, 5) is 4.55. The Morgan fingerprint density at radius 1 is 1.20 bits per heavy atom. The Labute approximate surface area is 147 Å². The lowest BCUT2D eigenvalue weighted by molar-refractivity contribution is 0.0847. The molecule has 0 saturated carbocycles. The van der Waals surface area contributed by atoms with Gasteiger partial charge in [0.1, 0.15) is 12.4 Å². The van der Waals surface area contributed by atoms with Crippen LogP contribution in [-0.2, 0) is 28.1 Å². The molecule has 0 aliphatic carbocycles. The van der Waals surface area contributed by atoms with Crippen molar-refractivity contribution in [1.82, 2.24) is 15.5 Å². The lowest BCUT2D eigenvalue weighted by atomic mass is 9.79. The monoisotopic (exact) mass is 347 g/mol. The van der Waals surface area contributed by atoms with Gasteiger partial charge in [-0.2, -0.15) is 4.98 Å². The zero-order chi connectivity index (χ0) is 17.5. The molecule has 1 fully saturated rings. The number of methoxy groups -OCH3 is 2. The molecule has 1 aromatic carbocycles. The number of piperidine rings is 1. The highest BCUT2D eigenvalue weighted by Gasteiger charge is 2.39. The molecule has 25 heavy (non-hydrogen) atoms. The van der Waals surface area contributed by atoms with E-state index in [-0.39, 0.29) is 5.41 Å². The first kappa shape index (κ1) is 17.8. The minimum atomic E-state index is -0.196. The number of rotatable bonds is 8. The van der Waals surface area contributed by atoms with Gasteiger partial charge in [0, 0.05) is 7.11 Å². The van der Waals surface area contributed by atoms with E-state index in [1.54, 1.807) is 14.2 Å². The molecule has 2 aromatic rings. The molecule has 0 spiro atoms. The maximum Gasteiger partial charge on any atom is 0.235 e. The van der Waals surface area contributed by atoms with E-state index in [1.807, 2.05) is 24.3 Å². The Kier molecular flexibility index (Phi) is 6.01. The minimum absolute atomic E-state index is 0.196. The first-order chi connectivity index (χ1) is 12.3. The normalized spacial score (nSPS) is 16.7. The van der Waals surface area contributed by atoms with Crippen LogP contribution in [0.25, 0.3) is 0 Å². The van der Waals surface area contributed by atoms with E-state index in [9.17, 15) is 0 Å². The minimum Gasteiger partial charge on any atom is -0.497 e. The summed E-state index contributed by atoms with van der Waals surface area (Å²) in [6.45, 7) is 3.21. The molecule has 1 N–H and O–H groups in total. The van der Waals surface area contributed by atoms with E-state index in [0.29, 0.717) is 31.5 Å². The fourth-order valence-electron chi connectivity index (χ4n) is 3.15. The average molecular weight is 347 g/mol. The van der Waals surface area contributed by atoms with Crippen LogP contribution in [0.4, 0.5) is 0 Å². The molecule has 0 unspecified atom stereocenters. The number of aromatic nitrogens is 2. The van der Waals surface area contributed by atoms with Crippen LogP contribution in [0, 0.1) is 0 Å². The van der Waals surface area contributed by atoms with Crippen molar-refractivity contribution in [2.75, 3.05) is 33.9 Å². The summed E-state index contributed by atoms with van der Waals surface area (Å²) < 4.78 is 21.9. The maximum absolute atomic E-state index is 5.71. The topological polar surface area (TPSA) is 78.6 Å². The fraction of sp³-hybridized carbons (Fsp3) is 0.556. The Morgan fingerprint density at radius 3 is 2.80 bits per heavy atom. The SMILES string of the molecule is COCC1(c2nc(COCc3cccc(OC)c3)no2)CCNCC1. The molecule has 0 amide bonds. The molecule has 136 valence electrons. The molecule has 7 heteroatoms. The smallest absolute Gasteiger partial charge is 0.235 e. The highest BCUT2D eigenvalue weighted by atomic mass is 16.5. The van der Waals surface area contributed by atoms with Crippen LogP contribution in [0.3, 0.4) is 0 Å². The Bertz CT molecular complexity index is 662. The Hall–Kier alpha value is -1.96. The highest BCUT2D eigenvalue weighted by Crippen LogP contribution is 2.32. The van der Waals surface area contributed by atoms with Crippen LogP contribution >= 0.6 is 0 Å². The molecular weight excluding hydrogens is 322 g/mol. The molecule has 0 bridgehead atoms. The number of hydrogen-bond acceptors (Lipinski definition) is 7. The summed E-state index contributed by atoms with van der Waals surface area (Å²) in [6.07, 6.45) is 1.85. The van der Waals surface area contributed by atoms with Crippen molar-refractivity contribution < 1.29 is 18.7 Å². The quantitative estimate of drug-likeness (QED) is 0.783. The van der Waals surface area contributed by atoms with E-state index in [2.05, 4.69) is 15.5 Å². The van der Waals surface area contributed by atoms with Crippen molar-refractivity contribution in [1.29, 1.82) is 0 Å². The molecule has 1 aromatic heterocycles. The van der Waals surface area contributed by atoms with Crippen LogP contribution < -0.4 is 10.1 Å². The summed E-state index contributed by atoms with van der Waals surface area (Å²) in [6, 6.07) is 7.79. The van der Waals surface area contributed by atoms with E-state index in [4.69, 9.17) is 18.7 Å². The van der Waals surface area contributed by atoms with Gasteiger partial charge in [0.2, 0.25) is 5.89 Å². The lowest BCUT2D eigenvalue weighted by Gasteiger charge is -2.33. The number of ether oxygens (including phenoxy) is 3. The van der Waals surface area contributed by atoms with E-state index in [1.165, 1.54) is 0 Å². The largest absolute Gasteiger partial charge is 0.497 e. The van der Waals surface area contributed by atoms with Gasteiger partial charge in [-0.05, 0) is 43.6 Å². The summed E-state index contributed by atoms with van der Waals surface area (Å²) >= 11 is 0. The van der Waals surface area contributed by atoms with Gasteiger partial charge in [0.25, 0.3) is 0 Å². The van der Waals surface area contributed by atoms with Gasteiger partial charge >= 0.3 is 0 Å². The zero-order valence-corrected chi connectivity index (χ0v) is 14.8. The van der Waals surface area contributed by atoms with Crippen molar-refractivity contribution in [3.8, 4) is 5.75 Å². The van der Waals surface area contributed by atoms with Gasteiger partial charge in [0.05, 0.1) is 25.7 Å². The van der Waals surface area contributed by atoms with Gasteiger partial charge in [-0.3, -0.25) is 0 Å².